The quantitative estimate of drug-likeness (QED) is 0.819. The molecular weight excluding hydrogens is 232 g/mol. The minimum Gasteiger partial charge on any atom is -0.314 e. The molecule has 0 aromatic heterocycles. The molecule has 19 heavy (non-hydrogen) atoms. The predicted octanol–water partition coefficient (Wildman–Crippen LogP) is 3.52. The van der Waals surface area contributed by atoms with Crippen LogP contribution in [0.4, 0.5) is 0 Å². The highest BCUT2D eigenvalue weighted by Gasteiger charge is 2.24. The summed E-state index contributed by atoms with van der Waals surface area (Å²) >= 11 is 0. The second-order valence-corrected chi connectivity index (χ2v) is 7.13. The van der Waals surface area contributed by atoms with Crippen molar-refractivity contribution in [2.24, 2.45) is 17.8 Å². The van der Waals surface area contributed by atoms with E-state index in [4.69, 9.17) is 0 Å². The molecule has 0 amide bonds. The second kappa shape index (κ2) is 7.64. The first-order valence-corrected chi connectivity index (χ1v) is 8.61. The lowest BCUT2D eigenvalue weighted by Gasteiger charge is -2.35. The van der Waals surface area contributed by atoms with E-state index in [-0.39, 0.29) is 0 Å². The number of rotatable bonds is 5. The van der Waals surface area contributed by atoms with E-state index in [0.29, 0.717) is 0 Å². The average molecular weight is 266 g/mol. The molecule has 2 rings (SSSR count). The maximum atomic E-state index is 3.85. The molecule has 1 saturated heterocycles. The number of piperidine rings is 1. The third kappa shape index (κ3) is 4.75. The van der Waals surface area contributed by atoms with E-state index in [1.807, 2.05) is 0 Å². The maximum Gasteiger partial charge on any atom is 0.00680 e. The molecule has 2 nitrogen and oxygen atoms in total. The van der Waals surface area contributed by atoms with E-state index in [0.717, 1.165) is 23.8 Å². The SMILES string of the molecule is CCC1CCC(CNC(C)C2CCN(C)CC2)CC1. The van der Waals surface area contributed by atoms with Gasteiger partial charge in [0, 0.05) is 6.04 Å². The Bertz CT molecular complexity index is 238. The van der Waals surface area contributed by atoms with Crippen LogP contribution in [0.5, 0.6) is 0 Å². The highest BCUT2D eigenvalue weighted by Crippen LogP contribution is 2.30. The molecule has 2 heteroatoms. The highest BCUT2D eigenvalue weighted by molar-refractivity contribution is 4.80. The van der Waals surface area contributed by atoms with Crippen LogP contribution in [0.25, 0.3) is 0 Å². The summed E-state index contributed by atoms with van der Waals surface area (Å²) in [5.74, 6) is 2.89. The highest BCUT2D eigenvalue weighted by atomic mass is 15.1. The molecule has 0 bridgehead atoms. The Kier molecular flexibility index (Phi) is 6.15. The van der Waals surface area contributed by atoms with Gasteiger partial charge in [0.15, 0.2) is 0 Å². The van der Waals surface area contributed by atoms with Crippen LogP contribution in [0.1, 0.15) is 58.8 Å². The summed E-state index contributed by atoms with van der Waals surface area (Å²) in [4.78, 5) is 2.47. The Hall–Kier alpha value is -0.0800. The van der Waals surface area contributed by atoms with E-state index >= 15 is 0 Å². The lowest BCUT2D eigenvalue weighted by atomic mass is 9.80. The molecular formula is C17H34N2. The number of nitrogens with zero attached hydrogens (tertiary/aromatic N) is 1. The van der Waals surface area contributed by atoms with Gasteiger partial charge in [-0.1, -0.05) is 26.2 Å². The maximum absolute atomic E-state index is 3.85. The predicted molar refractivity (Wildman–Crippen MR) is 83.4 cm³/mol. The molecule has 1 N–H and O–H groups in total. The first kappa shape index (κ1) is 15.3. The van der Waals surface area contributed by atoms with Gasteiger partial charge in [-0.15, -0.1) is 0 Å². The summed E-state index contributed by atoms with van der Waals surface area (Å²) in [6.45, 7) is 8.61. The summed E-state index contributed by atoms with van der Waals surface area (Å²) < 4.78 is 0. The molecule has 2 aliphatic rings. The van der Waals surface area contributed by atoms with Gasteiger partial charge < -0.3 is 10.2 Å². The summed E-state index contributed by atoms with van der Waals surface area (Å²) in [5.41, 5.74) is 0. The molecule has 1 aliphatic heterocycles. The van der Waals surface area contributed by atoms with Crippen molar-refractivity contribution in [3.8, 4) is 0 Å². The van der Waals surface area contributed by atoms with E-state index < -0.39 is 0 Å². The van der Waals surface area contributed by atoms with Gasteiger partial charge in [-0.2, -0.15) is 0 Å². The van der Waals surface area contributed by atoms with Crippen molar-refractivity contribution < 1.29 is 0 Å². The van der Waals surface area contributed by atoms with Crippen molar-refractivity contribution in [2.75, 3.05) is 26.7 Å². The zero-order valence-corrected chi connectivity index (χ0v) is 13.3. The molecule has 1 heterocycles. The first-order valence-electron chi connectivity index (χ1n) is 8.61. The van der Waals surface area contributed by atoms with E-state index in [1.54, 1.807) is 0 Å². The van der Waals surface area contributed by atoms with Crippen LogP contribution in [0.15, 0.2) is 0 Å². The van der Waals surface area contributed by atoms with Gasteiger partial charge in [-0.25, -0.2) is 0 Å². The third-order valence-corrected chi connectivity index (χ3v) is 5.74. The van der Waals surface area contributed by atoms with Gasteiger partial charge in [-0.3, -0.25) is 0 Å². The normalized spacial score (nSPS) is 32.4. The van der Waals surface area contributed by atoms with Gasteiger partial charge in [-0.05, 0) is 77.0 Å². The summed E-state index contributed by atoms with van der Waals surface area (Å²) in [6, 6.07) is 0.720. The number of nitrogens with one attached hydrogen (secondary N) is 1. The van der Waals surface area contributed by atoms with Gasteiger partial charge in [0.25, 0.3) is 0 Å². The van der Waals surface area contributed by atoms with Gasteiger partial charge >= 0.3 is 0 Å². The van der Waals surface area contributed by atoms with E-state index in [2.05, 4.69) is 31.1 Å². The van der Waals surface area contributed by atoms with Crippen molar-refractivity contribution in [1.82, 2.24) is 10.2 Å². The first-order chi connectivity index (χ1) is 9.19. The molecule has 0 aromatic rings. The smallest absolute Gasteiger partial charge is 0.00680 e. The van der Waals surface area contributed by atoms with Crippen LogP contribution in [0, 0.1) is 17.8 Å². The van der Waals surface area contributed by atoms with Gasteiger partial charge in [0.05, 0.1) is 0 Å². The van der Waals surface area contributed by atoms with Gasteiger partial charge in [0.1, 0.15) is 0 Å². The minimum atomic E-state index is 0.720. The Balaban J connectivity index is 1.62. The second-order valence-electron chi connectivity index (χ2n) is 7.13. The summed E-state index contributed by atoms with van der Waals surface area (Å²) in [7, 11) is 2.25. The van der Waals surface area contributed by atoms with Crippen molar-refractivity contribution in [3.63, 3.8) is 0 Å². The van der Waals surface area contributed by atoms with Crippen LogP contribution >= 0.6 is 0 Å². The fraction of sp³-hybridized carbons (Fsp3) is 1.00. The van der Waals surface area contributed by atoms with Crippen LogP contribution < -0.4 is 5.32 Å². The largest absolute Gasteiger partial charge is 0.314 e. The van der Waals surface area contributed by atoms with Crippen LogP contribution in [-0.4, -0.2) is 37.6 Å². The van der Waals surface area contributed by atoms with Crippen molar-refractivity contribution in [2.45, 2.75) is 64.8 Å². The molecule has 1 aliphatic carbocycles. The van der Waals surface area contributed by atoms with E-state index in [1.165, 1.54) is 64.6 Å². The zero-order chi connectivity index (χ0) is 13.7. The lowest BCUT2D eigenvalue weighted by Crippen LogP contribution is -2.42. The Morgan fingerprint density at radius 2 is 1.58 bits per heavy atom. The molecule has 0 radical (unpaired) electrons. The number of hydrogen-bond donors (Lipinski definition) is 1. The zero-order valence-electron chi connectivity index (χ0n) is 13.3. The molecule has 0 aromatic carbocycles. The summed E-state index contributed by atoms with van der Waals surface area (Å²) in [6.07, 6.45) is 10.0. The molecule has 2 fully saturated rings. The lowest BCUT2D eigenvalue weighted by molar-refractivity contribution is 0.181. The monoisotopic (exact) mass is 266 g/mol. The summed E-state index contributed by atoms with van der Waals surface area (Å²) in [5, 5.41) is 3.85. The van der Waals surface area contributed by atoms with Crippen LogP contribution in [0.3, 0.4) is 0 Å². The average Bonchev–Trinajstić information content (AvgIpc) is 2.46. The number of hydrogen-bond acceptors (Lipinski definition) is 2. The Morgan fingerprint density at radius 3 is 2.16 bits per heavy atom. The van der Waals surface area contributed by atoms with Crippen molar-refractivity contribution in [3.05, 3.63) is 0 Å². The molecule has 1 unspecified atom stereocenters. The molecule has 1 atom stereocenters. The standard InChI is InChI=1S/C17H34N2/c1-4-15-5-7-16(8-6-15)13-18-14(2)17-9-11-19(3)12-10-17/h14-18H,4-13H2,1-3H3. The Labute approximate surface area is 120 Å². The van der Waals surface area contributed by atoms with Gasteiger partial charge in [0.2, 0.25) is 0 Å². The minimum absolute atomic E-state index is 0.720. The fourth-order valence-electron chi connectivity index (χ4n) is 3.89. The fourth-order valence-corrected chi connectivity index (χ4v) is 3.89. The molecule has 112 valence electrons. The topological polar surface area (TPSA) is 15.3 Å². The van der Waals surface area contributed by atoms with Crippen LogP contribution in [-0.2, 0) is 0 Å². The molecule has 1 saturated carbocycles. The van der Waals surface area contributed by atoms with E-state index in [9.17, 15) is 0 Å². The van der Waals surface area contributed by atoms with Crippen molar-refractivity contribution in [1.29, 1.82) is 0 Å². The molecule has 0 spiro atoms. The Morgan fingerprint density at radius 1 is 1.00 bits per heavy atom. The third-order valence-electron chi connectivity index (χ3n) is 5.74. The van der Waals surface area contributed by atoms with Crippen LogP contribution in [0.2, 0.25) is 0 Å². The number of likely N-dealkylation sites (tertiary alicyclic amines) is 1. The van der Waals surface area contributed by atoms with Crippen molar-refractivity contribution >= 4 is 0 Å².